The molecule has 1 N–H and O–H groups in total. The van der Waals surface area contributed by atoms with Crippen molar-refractivity contribution in [1.82, 2.24) is 5.32 Å². The van der Waals surface area contributed by atoms with Crippen LogP contribution in [-0.2, 0) is 4.79 Å². The van der Waals surface area contributed by atoms with Crippen molar-refractivity contribution in [3.8, 4) is 6.07 Å². The van der Waals surface area contributed by atoms with Gasteiger partial charge in [0.05, 0.1) is 6.07 Å². The molecule has 0 aromatic carbocycles. The van der Waals surface area contributed by atoms with Crippen LogP contribution < -0.4 is 5.32 Å². The van der Waals surface area contributed by atoms with Gasteiger partial charge in [0.1, 0.15) is 5.54 Å². The Morgan fingerprint density at radius 3 is 2.42 bits per heavy atom. The van der Waals surface area contributed by atoms with Crippen LogP contribution in [0.4, 0.5) is 0 Å². The van der Waals surface area contributed by atoms with Crippen molar-refractivity contribution in [2.24, 2.45) is 11.8 Å². The average molecular weight is 262 g/mol. The van der Waals surface area contributed by atoms with E-state index in [0.717, 1.165) is 25.7 Å². The second-order valence-electron chi connectivity index (χ2n) is 6.63. The van der Waals surface area contributed by atoms with Gasteiger partial charge in [-0.2, -0.15) is 5.26 Å². The molecule has 0 atom stereocenters. The lowest BCUT2D eigenvalue weighted by Gasteiger charge is -2.35. The fourth-order valence-electron chi connectivity index (χ4n) is 3.49. The smallest absolute Gasteiger partial charge is 0.221 e. The molecule has 106 valence electrons. The molecule has 0 unspecified atom stereocenters. The molecular formula is C16H26N2O. The van der Waals surface area contributed by atoms with Gasteiger partial charge in [-0.1, -0.05) is 26.2 Å². The molecule has 2 aliphatic rings. The zero-order valence-corrected chi connectivity index (χ0v) is 12.1. The molecule has 3 heteroatoms. The molecule has 0 saturated heterocycles. The van der Waals surface area contributed by atoms with Crippen LogP contribution in [0, 0.1) is 23.2 Å². The van der Waals surface area contributed by atoms with E-state index < -0.39 is 5.54 Å². The van der Waals surface area contributed by atoms with E-state index in [4.69, 9.17) is 0 Å². The maximum Gasteiger partial charge on any atom is 0.221 e. The fraction of sp³-hybridized carbons (Fsp3) is 0.875. The average Bonchev–Trinajstić information content (AvgIpc) is 2.43. The normalized spacial score (nSPS) is 32.5. The third-order valence-electron chi connectivity index (χ3n) is 4.92. The van der Waals surface area contributed by atoms with Crippen LogP contribution in [0.25, 0.3) is 0 Å². The topological polar surface area (TPSA) is 52.9 Å². The van der Waals surface area contributed by atoms with Crippen LogP contribution in [0.2, 0.25) is 0 Å². The van der Waals surface area contributed by atoms with E-state index in [1.165, 1.54) is 32.1 Å². The summed E-state index contributed by atoms with van der Waals surface area (Å²) < 4.78 is 0. The second-order valence-corrected chi connectivity index (χ2v) is 6.63. The predicted molar refractivity (Wildman–Crippen MR) is 75.3 cm³/mol. The fourth-order valence-corrected chi connectivity index (χ4v) is 3.49. The van der Waals surface area contributed by atoms with Crippen molar-refractivity contribution >= 4 is 5.91 Å². The zero-order valence-electron chi connectivity index (χ0n) is 12.1. The highest BCUT2D eigenvalue weighted by atomic mass is 16.1. The first kappa shape index (κ1) is 14.4. The summed E-state index contributed by atoms with van der Waals surface area (Å²) in [4.78, 5) is 12.2. The molecular weight excluding hydrogens is 236 g/mol. The number of carbonyl (C=O) groups is 1. The SMILES string of the molecule is CC1CCC(C#N)(NC(=O)CC2CCCCC2)CC1. The Morgan fingerprint density at radius 2 is 1.84 bits per heavy atom. The lowest BCUT2D eigenvalue weighted by molar-refractivity contribution is -0.124. The molecule has 0 heterocycles. The van der Waals surface area contributed by atoms with Crippen molar-refractivity contribution < 1.29 is 4.79 Å². The molecule has 0 radical (unpaired) electrons. The molecule has 2 rings (SSSR count). The van der Waals surface area contributed by atoms with Gasteiger partial charge in [0.15, 0.2) is 0 Å². The summed E-state index contributed by atoms with van der Waals surface area (Å²) in [5.74, 6) is 1.34. The Kier molecular flexibility index (Phi) is 4.85. The lowest BCUT2D eigenvalue weighted by atomic mass is 9.77. The van der Waals surface area contributed by atoms with Crippen LogP contribution in [0.5, 0.6) is 0 Å². The number of hydrogen-bond acceptors (Lipinski definition) is 2. The summed E-state index contributed by atoms with van der Waals surface area (Å²) in [5, 5.41) is 12.5. The van der Waals surface area contributed by atoms with Crippen LogP contribution in [-0.4, -0.2) is 11.4 Å². The van der Waals surface area contributed by atoms with Gasteiger partial charge in [-0.05, 0) is 50.4 Å². The van der Waals surface area contributed by atoms with Gasteiger partial charge in [0, 0.05) is 6.42 Å². The number of hydrogen-bond donors (Lipinski definition) is 1. The molecule has 2 fully saturated rings. The van der Waals surface area contributed by atoms with Crippen molar-refractivity contribution in [2.45, 2.75) is 76.7 Å². The molecule has 3 nitrogen and oxygen atoms in total. The molecule has 0 aromatic heterocycles. The van der Waals surface area contributed by atoms with Gasteiger partial charge >= 0.3 is 0 Å². The number of nitrogens with zero attached hydrogens (tertiary/aromatic N) is 1. The summed E-state index contributed by atoms with van der Waals surface area (Å²) in [6, 6.07) is 2.37. The molecule has 2 saturated carbocycles. The molecule has 0 bridgehead atoms. The summed E-state index contributed by atoms with van der Waals surface area (Å²) in [7, 11) is 0. The highest BCUT2D eigenvalue weighted by Gasteiger charge is 2.36. The minimum absolute atomic E-state index is 0.100. The first-order valence-corrected chi connectivity index (χ1v) is 7.86. The van der Waals surface area contributed by atoms with Crippen LogP contribution in [0.15, 0.2) is 0 Å². The summed E-state index contributed by atoms with van der Waals surface area (Å²) >= 11 is 0. The highest BCUT2D eigenvalue weighted by Crippen LogP contribution is 2.32. The second kappa shape index (κ2) is 6.41. The third kappa shape index (κ3) is 3.96. The van der Waals surface area contributed by atoms with Crippen LogP contribution in [0.3, 0.4) is 0 Å². The van der Waals surface area contributed by atoms with Crippen molar-refractivity contribution in [1.29, 1.82) is 5.26 Å². The maximum atomic E-state index is 12.2. The van der Waals surface area contributed by atoms with Crippen molar-refractivity contribution in [3.63, 3.8) is 0 Å². The van der Waals surface area contributed by atoms with Crippen LogP contribution >= 0.6 is 0 Å². The Morgan fingerprint density at radius 1 is 1.21 bits per heavy atom. The molecule has 0 aromatic rings. The number of nitriles is 1. The maximum absolute atomic E-state index is 12.2. The minimum Gasteiger partial charge on any atom is -0.338 e. The van der Waals surface area contributed by atoms with E-state index in [9.17, 15) is 10.1 Å². The Hall–Kier alpha value is -1.04. The number of nitrogens with one attached hydrogen (secondary N) is 1. The van der Waals surface area contributed by atoms with Gasteiger partial charge in [-0.15, -0.1) is 0 Å². The number of amides is 1. The van der Waals surface area contributed by atoms with E-state index >= 15 is 0 Å². The van der Waals surface area contributed by atoms with Crippen LogP contribution in [0.1, 0.15) is 71.1 Å². The molecule has 2 aliphatic carbocycles. The summed E-state index contributed by atoms with van der Waals surface area (Å²) in [5.41, 5.74) is -0.571. The first-order chi connectivity index (χ1) is 9.13. The van der Waals surface area contributed by atoms with E-state index in [-0.39, 0.29) is 5.91 Å². The summed E-state index contributed by atoms with van der Waals surface area (Å²) in [6.45, 7) is 2.23. The van der Waals surface area contributed by atoms with Gasteiger partial charge in [-0.3, -0.25) is 4.79 Å². The predicted octanol–water partition coefficient (Wildman–Crippen LogP) is 3.55. The Bertz CT molecular complexity index is 344. The minimum atomic E-state index is -0.571. The third-order valence-corrected chi connectivity index (χ3v) is 4.92. The van der Waals surface area contributed by atoms with E-state index in [2.05, 4.69) is 18.3 Å². The van der Waals surface area contributed by atoms with Gasteiger partial charge in [-0.25, -0.2) is 0 Å². The Labute approximate surface area is 116 Å². The van der Waals surface area contributed by atoms with E-state index in [0.29, 0.717) is 18.3 Å². The van der Waals surface area contributed by atoms with E-state index in [1.54, 1.807) is 0 Å². The monoisotopic (exact) mass is 262 g/mol. The lowest BCUT2D eigenvalue weighted by Crippen LogP contribution is -2.49. The Balaban J connectivity index is 1.84. The molecule has 0 spiro atoms. The van der Waals surface area contributed by atoms with Gasteiger partial charge in [0.2, 0.25) is 5.91 Å². The van der Waals surface area contributed by atoms with Crippen molar-refractivity contribution in [2.75, 3.05) is 0 Å². The standard InChI is InChI=1S/C16H26N2O/c1-13-7-9-16(12-17,10-8-13)18-15(19)11-14-5-3-2-4-6-14/h13-14H,2-11H2,1H3,(H,18,19). The summed E-state index contributed by atoms with van der Waals surface area (Å²) in [6.07, 6.45) is 10.6. The highest BCUT2D eigenvalue weighted by molar-refractivity contribution is 5.77. The van der Waals surface area contributed by atoms with Crippen molar-refractivity contribution in [3.05, 3.63) is 0 Å². The van der Waals surface area contributed by atoms with E-state index in [1.807, 2.05) is 0 Å². The zero-order chi connectivity index (χ0) is 13.7. The largest absolute Gasteiger partial charge is 0.338 e. The molecule has 1 amide bonds. The first-order valence-electron chi connectivity index (χ1n) is 7.86. The number of carbonyl (C=O) groups excluding carboxylic acids is 1. The molecule has 0 aliphatic heterocycles. The molecule has 19 heavy (non-hydrogen) atoms. The number of rotatable bonds is 3. The quantitative estimate of drug-likeness (QED) is 0.845. The van der Waals surface area contributed by atoms with Gasteiger partial charge < -0.3 is 5.32 Å². The van der Waals surface area contributed by atoms with Gasteiger partial charge in [0.25, 0.3) is 0 Å².